The summed E-state index contributed by atoms with van der Waals surface area (Å²) in [6.45, 7) is 5.96. The quantitative estimate of drug-likeness (QED) is 0.747. The second-order valence-electron chi connectivity index (χ2n) is 5.38. The number of carbonyl (C=O) groups excluding carboxylic acids is 1. The Kier molecular flexibility index (Phi) is 5.01. The average Bonchev–Trinajstić information content (AvgIpc) is 2.96. The van der Waals surface area contributed by atoms with Crippen LogP contribution >= 0.6 is 0 Å². The number of hydrogen-bond acceptors (Lipinski definition) is 4. The smallest absolute Gasteiger partial charge is 0.165 e. The number of hydrogen-bond donors (Lipinski definition) is 0. The fourth-order valence-corrected chi connectivity index (χ4v) is 2.78. The Morgan fingerprint density at radius 2 is 2.05 bits per heavy atom. The van der Waals surface area contributed by atoms with E-state index in [9.17, 15) is 4.79 Å². The molecule has 2 rings (SSSR count). The largest absolute Gasteiger partial charge is 0.496 e. The van der Waals surface area contributed by atoms with Gasteiger partial charge in [0.15, 0.2) is 5.78 Å². The van der Waals surface area contributed by atoms with Gasteiger partial charge in [0, 0.05) is 20.1 Å². The lowest BCUT2D eigenvalue weighted by Crippen LogP contribution is -2.32. The number of carbonyl (C=O) groups is 1. The molecule has 0 saturated carbocycles. The Balaban J connectivity index is 2.11. The third-order valence-electron chi connectivity index (χ3n) is 3.94. The van der Waals surface area contributed by atoms with Crippen LogP contribution in [0.25, 0.3) is 0 Å². The van der Waals surface area contributed by atoms with E-state index in [1.807, 2.05) is 25.2 Å². The maximum Gasteiger partial charge on any atom is 0.165 e. The molecule has 0 spiro atoms. The van der Waals surface area contributed by atoms with Crippen molar-refractivity contribution in [3.8, 4) is 5.75 Å². The van der Waals surface area contributed by atoms with Crippen LogP contribution in [0.2, 0.25) is 0 Å². The number of likely N-dealkylation sites (N-methyl/N-ethyl adjacent to an activating group) is 1. The molecule has 0 aromatic heterocycles. The number of likely N-dealkylation sites (tertiary alicyclic amines) is 1. The zero-order valence-corrected chi connectivity index (χ0v) is 12.7. The van der Waals surface area contributed by atoms with Gasteiger partial charge in [-0.05, 0) is 45.0 Å². The van der Waals surface area contributed by atoms with Crippen LogP contribution in [0.5, 0.6) is 5.75 Å². The topological polar surface area (TPSA) is 32.8 Å². The highest BCUT2D eigenvalue weighted by Crippen LogP contribution is 2.29. The van der Waals surface area contributed by atoms with E-state index in [1.165, 1.54) is 25.9 Å². The molecule has 1 aromatic carbocycles. The molecule has 4 nitrogen and oxygen atoms in total. The zero-order valence-electron chi connectivity index (χ0n) is 12.7. The molecule has 0 radical (unpaired) electrons. The van der Waals surface area contributed by atoms with Crippen LogP contribution in [0.15, 0.2) is 18.2 Å². The van der Waals surface area contributed by atoms with E-state index in [0.29, 0.717) is 11.3 Å². The zero-order chi connectivity index (χ0) is 14.5. The Bertz CT molecular complexity index is 468. The molecule has 1 heterocycles. The van der Waals surface area contributed by atoms with Gasteiger partial charge in [-0.2, -0.15) is 0 Å². The third-order valence-corrected chi connectivity index (χ3v) is 3.94. The van der Waals surface area contributed by atoms with E-state index >= 15 is 0 Å². The van der Waals surface area contributed by atoms with Crippen molar-refractivity contribution in [1.29, 1.82) is 0 Å². The summed E-state index contributed by atoms with van der Waals surface area (Å²) in [5.74, 6) is 0.702. The molecule has 0 amide bonds. The first kappa shape index (κ1) is 14.9. The summed E-state index contributed by atoms with van der Waals surface area (Å²) in [5.41, 5.74) is 1.63. The van der Waals surface area contributed by atoms with E-state index < -0.39 is 0 Å². The van der Waals surface area contributed by atoms with E-state index in [1.54, 1.807) is 14.0 Å². The summed E-state index contributed by atoms with van der Waals surface area (Å²) in [7, 11) is 3.65. The van der Waals surface area contributed by atoms with Crippen LogP contribution in [-0.4, -0.2) is 51.0 Å². The Morgan fingerprint density at radius 3 is 2.65 bits per heavy atom. The summed E-state index contributed by atoms with van der Waals surface area (Å²) in [6.07, 6.45) is 2.61. The first-order valence-electron chi connectivity index (χ1n) is 7.25. The average molecular weight is 276 g/mol. The van der Waals surface area contributed by atoms with Crippen LogP contribution in [0.1, 0.15) is 30.1 Å². The Labute approximate surface area is 121 Å². The summed E-state index contributed by atoms with van der Waals surface area (Å²) in [4.78, 5) is 16.5. The molecule has 110 valence electrons. The maximum absolute atomic E-state index is 11.9. The van der Waals surface area contributed by atoms with Crippen molar-refractivity contribution >= 4 is 11.5 Å². The van der Waals surface area contributed by atoms with E-state index in [0.717, 1.165) is 18.8 Å². The van der Waals surface area contributed by atoms with Crippen molar-refractivity contribution in [2.45, 2.75) is 19.8 Å². The Morgan fingerprint density at radius 1 is 1.35 bits per heavy atom. The first-order valence-corrected chi connectivity index (χ1v) is 7.25. The van der Waals surface area contributed by atoms with Gasteiger partial charge in [-0.1, -0.05) is 6.07 Å². The van der Waals surface area contributed by atoms with E-state index in [4.69, 9.17) is 4.74 Å². The minimum Gasteiger partial charge on any atom is -0.496 e. The molecular formula is C16H24N2O2. The van der Waals surface area contributed by atoms with Gasteiger partial charge < -0.3 is 14.5 Å². The molecule has 20 heavy (non-hydrogen) atoms. The van der Waals surface area contributed by atoms with Crippen LogP contribution in [-0.2, 0) is 0 Å². The van der Waals surface area contributed by atoms with Crippen molar-refractivity contribution < 1.29 is 9.53 Å². The fraction of sp³-hybridized carbons (Fsp3) is 0.562. The van der Waals surface area contributed by atoms with Gasteiger partial charge in [0.25, 0.3) is 0 Å². The van der Waals surface area contributed by atoms with Gasteiger partial charge in [-0.25, -0.2) is 0 Å². The van der Waals surface area contributed by atoms with Crippen molar-refractivity contribution in [3.05, 3.63) is 23.8 Å². The summed E-state index contributed by atoms with van der Waals surface area (Å²) in [5, 5.41) is 0. The summed E-state index contributed by atoms with van der Waals surface area (Å²) in [6, 6.07) is 5.77. The Hall–Kier alpha value is -1.55. The molecule has 1 saturated heterocycles. The van der Waals surface area contributed by atoms with Gasteiger partial charge in [0.1, 0.15) is 5.75 Å². The minimum absolute atomic E-state index is 0.0467. The predicted octanol–water partition coefficient (Wildman–Crippen LogP) is 2.43. The molecule has 0 aliphatic carbocycles. The van der Waals surface area contributed by atoms with Crippen LogP contribution in [0.4, 0.5) is 5.69 Å². The molecule has 1 aliphatic rings. The number of ether oxygens (including phenoxy) is 1. The molecule has 0 bridgehead atoms. The number of rotatable bonds is 6. The summed E-state index contributed by atoms with van der Waals surface area (Å²) >= 11 is 0. The molecule has 1 aliphatic heterocycles. The molecule has 0 atom stereocenters. The van der Waals surface area contributed by atoms with E-state index in [2.05, 4.69) is 9.80 Å². The predicted molar refractivity (Wildman–Crippen MR) is 81.9 cm³/mol. The lowest BCUT2D eigenvalue weighted by molar-refractivity contribution is 0.101. The highest BCUT2D eigenvalue weighted by Gasteiger charge is 2.17. The minimum atomic E-state index is 0.0467. The molecule has 1 aromatic rings. The van der Waals surface area contributed by atoms with Crippen molar-refractivity contribution in [3.63, 3.8) is 0 Å². The van der Waals surface area contributed by atoms with Crippen molar-refractivity contribution in [2.24, 2.45) is 0 Å². The highest BCUT2D eigenvalue weighted by atomic mass is 16.5. The lowest BCUT2D eigenvalue weighted by Gasteiger charge is -2.25. The lowest BCUT2D eigenvalue weighted by atomic mass is 10.1. The van der Waals surface area contributed by atoms with Crippen molar-refractivity contribution in [2.75, 3.05) is 45.2 Å². The van der Waals surface area contributed by atoms with Crippen LogP contribution in [0, 0.1) is 0 Å². The highest BCUT2D eigenvalue weighted by molar-refractivity contribution is 6.02. The number of methoxy groups -OCH3 is 1. The first-order chi connectivity index (χ1) is 9.63. The number of ketones is 1. The van der Waals surface area contributed by atoms with Gasteiger partial charge in [-0.15, -0.1) is 0 Å². The van der Waals surface area contributed by atoms with Crippen LogP contribution in [0.3, 0.4) is 0 Å². The molecule has 1 fully saturated rings. The SMILES string of the molecule is COc1cccc(N(C)CCN2CCCC2)c1C(C)=O. The monoisotopic (exact) mass is 276 g/mol. The molecule has 4 heteroatoms. The number of benzene rings is 1. The number of nitrogens with zero attached hydrogens (tertiary/aromatic N) is 2. The maximum atomic E-state index is 11.9. The number of Topliss-reactive ketones (excluding diaryl/α,β-unsaturated/α-hetero) is 1. The summed E-state index contributed by atoms with van der Waals surface area (Å²) < 4.78 is 5.32. The van der Waals surface area contributed by atoms with Gasteiger partial charge in [0.05, 0.1) is 18.4 Å². The number of anilines is 1. The molecule has 0 N–H and O–H groups in total. The third kappa shape index (κ3) is 3.31. The van der Waals surface area contributed by atoms with Crippen molar-refractivity contribution in [1.82, 2.24) is 4.90 Å². The van der Waals surface area contributed by atoms with Gasteiger partial charge in [-0.3, -0.25) is 4.79 Å². The second kappa shape index (κ2) is 6.75. The molecular weight excluding hydrogens is 252 g/mol. The second-order valence-corrected chi connectivity index (χ2v) is 5.38. The van der Waals surface area contributed by atoms with Crippen LogP contribution < -0.4 is 9.64 Å². The molecule has 0 unspecified atom stereocenters. The van der Waals surface area contributed by atoms with Gasteiger partial charge in [0.2, 0.25) is 0 Å². The standard InChI is InChI=1S/C16H24N2O2/c1-13(19)16-14(7-6-8-15(16)20-3)17(2)11-12-18-9-4-5-10-18/h6-8H,4-5,9-12H2,1-3H3. The van der Waals surface area contributed by atoms with E-state index in [-0.39, 0.29) is 5.78 Å². The normalized spacial score (nSPS) is 15.3. The fourth-order valence-electron chi connectivity index (χ4n) is 2.78. The van der Waals surface area contributed by atoms with Gasteiger partial charge >= 0.3 is 0 Å².